The number of amides is 1. The average Bonchev–Trinajstić information content (AvgIpc) is 2.37. The van der Waals surface area contributed by atoms with Gasteiger partial charge >= 0.3 is 11.9 Å². The number of methoxy groups -OCH3 is 1. The first-order valence-electron chi connectivity index (χ1n) is 5.99. The van der Waals surface area contributed by atoms with Gasteiger partial charge in [-0.25, -0.2) is 4.79 Å². The van der Waals surface area contributed by atoms with Gasteiger partial charge in [0.25, 0.3) is 0 Å². The van der Waals surface area contributed by atoms with Crippen molar-refractivity contribution in [2.45, 2.75) is 26.7 Å². The molecular weight excluding hydrogens is 220 g/mol. The third kappa shape index (κ3) is 3.19. The molecule has 17 heavy (non-hydrogen) atoms. The van der Waals surface area contributed by atoms with Crippen LogP contribution >= 0.6 is 0 Å². The SMILES string of the molecule is COC(=O)C(=O)N1CCC(C(C)(C)CN)CC1. The van der Waals surface area contributed by atoms with Crippen LogP contribution in [0.3, 0.4) is 0 Å². The van der Waals surface area contributed by atoms with Crippen LogP contribution in [0.4, 0.5) is 0 Å². The summed E-state index contributed by atoms with van der Waals surface area (Å²) in [4.78, 5) is 24.3. The van der Waals surface area contributed by atoms with Crippen molar-refractivity contribution in [3.63, 3.8) is 0 Å². The minimum Gasteiger partial charge on any atom is -0.462 e. The summed E-state index contributed by atoms with van der Waals surface area (Å²) in [6, 6.07) is 0. The van der Waals surface area contributed by atoms with E-state index in [1.165, 1.54) is 7.11 Å². The Bertz CT molecular complexity index is 294. The molecule has 0 atom stereocenters. The normalized spacial score (nSPS) is 18.0. The molecule has 0 unspecified atom stereocenters. The Morgan fingerprint density at radius 3 is 2.29 bits per heavy atom. The number of rotatable bonds is 2. The quantitative estimate of drug-likeness (QED) is 0.561. The maximum Gasteiger partial charge on any atom is 0.396 e. The second-order valence-corrected chi connectivity index (χ2v) is 5.25. The van der Waals surface area contributed by atoms with E-state index in [0.29, 0.717) is 25.6 Å². The highest BCUT2D eigenvalue weighted by Crippen LogP contribution is 2.33. The minimum atomic E-state index is -0.776. The molecule has 5 heteroatoms. The lowest BCUT2D eigenvalue weighted by Gasteiger charge is -2.39. The Labute approximate surface area is 102 Å². The summed E-state index contributed by atoms with van der Waals surface area (Å²) in [5.41, 5.74) is 5.84. The molecule has 1 saturated heterocycles. The number of nitrogens with zero attached hydrogens (tertiary/aromatic N) is 1. The molecule has 1 aliphatic rings. The number of esters is 1. The van der Waals surface area contributed by atoms with Crippen LogP contribution in [0, 0.1) is 11.3 Å². The summed E-state index contributed by atoms with van der Waals surface area (Å²) < 4.78 is 4.43. The molecule has 0 aromatic carbocycles. The third-order valence-electron chi connectivity index (χ3n) is 3.77. The fourth-order valence-corrected chi connectivity index (χ4v) is 2.25. The highest BCUT2D eigenvalue weighted by atomic mass is 16.5. The predicted molar refractivity (Wildman–Crippen MR) is 64.2 cm³/mol. The fraction of sp³-hybridized carbons (Fsp3) is 0.833. The lowest BCUT2D eigenvalue weighted by Crippen LogP contribution is -2.46. The largest absolute Gasteiger partial charge is 0.462 e. The lowest BCUT2D eigenvalue weighted by atomic mass is 9.74. The van der Waals surface area contributed by atoms with Crippen molar-refractivity contribution in [1.29, 1.82) is 0 Å². The zero-order valence-corrected chi connectivity index (χ0v) is 10.9. The first-order valence-corrected chi connectivity index (χ1v) is 5.99. The van der Waals surface area contributed by atoms with Gasteiger partial charge in [-0.1, -0.05) is 13.8 Å². The summed E-state index contributed by atoms with van der Waals surface area (Å²) in [7, 11) is 1.23. The number of hydrogen-bond acceptors (Lipinski definition) is 4. The highest BCUT2D eigenvalue weighted by Gasteiger charge is 2.34. The van der Waals surface area contributed by atoms with E-state index in [1.807, 2.05) is 0 Å². The summed E-state index contributed by atoms with van der Waals surface area (Å²) in [5.74, 6) is -0.799. The Morgan fingerprint density at radius 1 is 1.35 bits per heavy atom. The van der Waals surface area contributed by atoms with Crippen molar-refractivity contribution in [2.24, 2.45) is 17.1 Å². The van der Waals surface area contributed by atoms with Crippen LogP contribution in [0.1, 0.15) is 26.7 Å². The molecule has 1 amide bonds. The molecule has 0 radical (unpaired) electrons. The van der Waals surface area contributed by atoms with Gasteiger partial charge in [-0.3, -0.25) is 4.79 Å². The number of ether oxygens (including phenoxy) is 1. The van der Waals surface area contributed by atoms with E-state index in [0.717, 1.165) is 12.8 Å². The Morgan fingerprint density at radius 2 is 1.88 bits per heavy atom. The van der Waals surface area contributed by atoms with Gasteiger partial charge in [0.2, 0.25) is 0 Å². The number of likely N-dealkylation sites (tertiary alicyclic amines) is 1. The number of hydrogen-bond donors (Lipinski definition) is 1. The number of nitrogens with two attached hydrogens (primary N) is 1. The van der Waals surface area contributed by atoms with Gasteiger partial charge in [-0.2, -0.15) is 0 Å². The summed E-state index contributed by atoms with van der Waals surface area (Å²) in [6.45, 7) is 6.16. The molecule has 1 aliphatic heterocycles. The molecular formula is C12H22N2O3. The zero-order valence-electron chi connectivity index (χ0n) is 10.9. The van der Waals surface area contributed by atoms with Gasteiger partial charge in [0.05, 0.1) is 7.11 Å². The Balaban J connectivity index is 2.51. The maximum absolute atomic E-state index is 11.6. The van der Waals surface area contributed by atoms with Crippen LogP contribution in [-0.4, -0.2) is 43.5 Å². The van der Waals surface area contributed by atoms with E-state index in [-0.39, 0.29) is 5.41 Å². The molecule has 2 N–H and O–H groups in total. The van der Waals surface area contributed by atoms with Crippen LogP contribution < -0.4 is 5.73 Å². The molecule has 5 nitrogen and oxygen atoms in total. The van der Waals surface area contributed by atoms with Gasteiger partial charge in [0, 0.05) is 13.1 Å². The lowest BCUT2D eigenvalue weighted by molar-refractivity contribution is -0.159. The standard InChI is InChI=1S/C12H22N2O3/c1-12(2,8-13)9-4-6-14(7-5-9)10(15)11(16)17-3/h9H,4-8,13H2,1-3H3. The molecule has 0 spiro atoms. The molecule has 0 saturated carbocycles. The van der Waals surface area contributed by atoms with Crippen molar-refractivity contribution in [1.82, 2.24) is 4.90 Å². The van der Waals surface area contributed by atoms with Crippen LogP contribution in [0.5, 0.6) is 0 Å². The Kier molecular flexibility index (Phi) is 4.51. The topological polar surface area (TPSA) is 72.6 Å². The molecule has 0 aromatic heterocycles. The first-order chi connectivity index (χ1) is 7.92. The number of carbonyl (C=O) groups is 2. The third-order valence-corrected chi connectivity index (χ3v) is 3.77. The van der Waals surface area contributed by atoms with Crippen LogP contribution in [0.2, 0.25) is 0 Å². The summed E-state index contributed by atoms with van der Waals surface area (Å²) in [6.07, 6.45) is 1.79. The molecule has 0 aliphatic carbocycles. The van der Waals surface area contributed by atoms with Gasteiger partial charge in [-0.15, -0.1) is 0 Å². The monoisotopic (exact) mass is 242 g/mol. The van der Waals surface area contributed by atoms with Crippen molar-refractivity contribution in [3.05, 3.63) is 0 Å². The van der Waals surface area contributed by atoms with Gasteiger partial charge in [0.15, 0.2) is 0 Å². The molecule has 1 fully saturated rings. The number of piperidine rings is 1. The maximum atomic E-state index is 11.6. The van der Waals surface area contributed by atoms with Gasteiger partial charge in [-0.05, 0) is 30.7 Å². The van der Waals surface area contributed by atoms with E-state index in [1.54, 1.807) is 4.90 Å². The fourth-order valence-electron chi connectivity index (χ4n) is 2.25. The summed E-state index contributed by atoms with van der Waals surface area (Å²) in [5, 5.41) is 0. The van der Waals surface area contributed by atoms with Crippen LogP contribution in [0.15, 0.2) is 0 Å². The van der Waals surface area contributed by atoms with Gasteiger partial charge < -0.3 is 15.4 Å². The molecule has 1 heterocycles. The Hall–Kier alpha value is -1.10. The molecule has 1 rings (SSSR count). The molecule has 0 aromatic rings. The van der Waals surface area contributed by atoms with E-state index in [4.69, 9.17) is 5.73 Å². The highest BCUT2D eigenvalue weighted by molar-refractivity contribution is 6.32. The predicted octanol–water partition coefficient (Wildman–Crippen LogP) is 0.383. The first kappa shape index (κ1) is 14.0. The van der Waals surface area contributed by atoms with Crippen molar-refractivity contribution in [3.8, 4) is 0 Å². The van der Waals surface area contributed by atoms with Gasteiger partial charge in [0.1, 0.15) is 0 Å². The second-order valence-electron chi connectivity index (χ2n) is 5.25. The second kappa shape index (κ2) is 5.49. The van der Waals surface area contributed by atoms with E-state index in [9.17, 15) is 9.59 Å². The van der Waals surface area contributed by atoms with Crippen LogP contribution in [-0.2, 0) is 14.3 Å². The van der Waals surface area contributed by atoms with Crippen LogP contribution in [0.25, 0.3) is 0 Å². The molecule has 98 valence electrons. The number of carbonyl (C=O) groups excluding carboxylic acids is 2. The average molecular weight is 242 g/mol. The van der Waals surface area contributed by atoms with E-state index < -0.39 is 11.9 Å². The minimum absolute atomic E-state index is 0.0976. The molecule has 0 bridgehead atoms. The van der Waals surface area contributed by atoms with E-state index >= 15 is 0 Å². The van der Waals surface area contributed by atoms with Crippen molar-refractivity contribution >= 4 is 11.9 Å². The van der Waals surface area contributed by atoms with Crippen molar-refractivity contribution < 1.29 is 14.3 Å². The zero-order chi connectivity index (χ0) is 13.1. The smallest absolute Gasteiger partial charge is 0.396 e. The van der Waals surface area contributed by atoms with E-state index in [2.05, 4.69) is 18.6 Å². The summed E-state index contributed by atoms with van der Waals surface area (Å²) >= 11 is 0. The van der Waals surface area contributed by atoms with Crippen molar-refractivity contribution in [2.75, 3.05) is 26.7 Å².